The Kier molecular flexibility index (Phi) is 3.71. The highest BCUT2D eigenvalue weighted by atomic mass is 32.2. The van der Waals surface area contributed by atoms with Gasteiger partial charge in [-0.2, -0.15) is 0 Å². The Labute approximate surface area is 124 Å². The van der Waals surface area contributed by atoms with Crippen LogP contribution in [0.1, 0.15) is 18.9 Å². The predicted molar refractivity (Wildman–Crippen MR) is 82.3 cm³/mol. The van der Waals surface area contributed by atoms with Crippen molar-refractivity contribution in [2.24, 2.45) is 5.14 Å². The topological polar surface area (TPSA) is 132 Å². The molecule has 0 bridgehead atoms. The summed E-state index contributed by atoms with van der Waals surface area (Å²) in [6, 6.07) is 2.88. The van der Waals surface area contributed by atoms with Crippen molar-refractivity contribution in [2.45, 2.75) is 30.7 Å². The molecule has 1 aliphatic heterocycles. The van der Waals surface area contributed by atoms with Crippen LogP contribution in [0.3, 0.4) is 0 Å². The number of sulfonamides is 1. The number of hydrogen-bond acceptors (Lipinski definition) is 6. The van der Waals surface area contributed by atoms with Gasteiger partial charge in [-0.1, -0.05) is 0 Å². The van der Waals surface area contributed by atoms with Gasteiger partial charge in [-0.3, -0.25) is 0 Å². The number of nitrogens with one attached hydrogen (secondary N) is 1. The van der Waals surface area contributed by atoms with E-state index in [0.29, 0.717) is 17.7 Å². The molecular weight excluding hydrogens is 314 g/mol. The molecule has 118 valence electrons. The standard InChI is InChI=1S/C12H19N3O4S2/c1-8-10(5-9(13)6-11(8)21(14,18)19)15-12(2)3-4-20(16,17)7-12/h5-6,15H,3-4,7,13H2,1-2H3,(H2,14,18,19). The highest BCUT2D eigenvalue weighted by molar-refractivity contribution is 7.91. The third-order valence-electron chi connectivity index (χ3n) is 3.63. The minimum Gasteiger partial charge on any atom is -0.399 e. The van der Waals surface area contributed by atoms with Crippen LogP contribution in [-0.4, -0.2) is 33.9 Å². The lowest BCUT2D eigenvalue weighted by Gasteiger charge is -2.27. The van der Waals surface area contributed by atoms with Gasteiger partial charge in [0.05, 0.1) is 16.4 Å². The van der Waals surface area contributed by atoms with Crippen molar-refractivity contribution in [1.82, 2.24) is 0 Å². The van der Waals surface area contributed by atoms with Gasteiger partial charge in [-0.25, -0.2) is 22.0 Å². The van der Waals surface area contributed by atoms with Crippen LogP contribution in [0.25, 0.3) is 0 Å². The number of sulfone groups is 1. The molecule has 0 aliphatic carbocycles. The highest BCUT2D eigenvalue weighted by Gasteiger charge is 2.38. The van der Waals surface area contributed by atoms with Crippen molar-refractivity contribution in [3.05, 3.63) is 17.7 Å². The van der Waals surface area contributed by atoms with Gasteiger partial charge in [-0.15, -0.1) is 0 Å². The fraction of sp³-hybridized carbons (Fsp3) is 0.500. The molecular formula is C12H19N3O4S2. The molecule has 0 saturated carbocycles. The van der Waals surface area contributed by atoms with Crippen LogP contribution in [0.5, 0.6) is 0 Å². The summed E-state index contributed by atoms with van der Waals surface area (Å²) < 4.78 is 46.4. The van der Waals surface area contributed by atoms with E-state index in [0.717, 1.165) is 0 Å². The van der Waals surface area contributed by atoms with Gasteiger partial charge in [0, 0.05) is 16.9 Å². The maximum Gasteiger partial charge on any atom is 0.238 e. The molecule has 0 radical (unpaired) electrons. The van der Waals surface area contributed by atoms with Crippen molar-refractivity contribution in [1.29, 1.82) is 0 Å². The monoisotopic (exact) mass is 333 g/mol. The van der Waals surface area contributed by atoms with Crippen LogP contribution < -0.4 is 16.2 Å². The molecule has 1 unspecified atom stereocenters. The summed E-state index contributed by atoms with van der Waals surface area (Å²) in [5, 5.41) is 8.29. The van der Waals surface area contributed by atoms with Gasteiger partial charge < -0.3 is 11.1 Å². The van der Waals surface area contributed by atoms with Crippen LogP contribution in [-0.2, 0) is 19.9 Å². The highest BCUT2D eigenvalue weighted by Crippen LogP contribution is 2.32. The lowest BCUT2D eigenvalue weighted by Crippen LogP contribution is -2.36. The van der Waals surface area contributed by atoms with Crippen molar-refractivity contribution in [3.8, 4) is 0 Å². The largest absolute Gasteiger partial charge is 0.399 e. The molecule has 21 heavy (non-hydrogen) atoms. The van der Waals surface area contributed by atoms with E-state index in [4.69, 9.17) is 10.9 Å². The lowest BCUT2D eigenvalue weighted by atomic mass is 10.0. The van der Waals surface area contributed by atoms with Gasteiger partial charge in [0.25, 0.3) is 0 Å². The lowest BCUT2D eigenvalue weighted by molar-refractivity contribution is 0.572. The van der Waals surface area contributed by atoms with Gasteiger partial charge >= 0.3 is 0 Å². The summed E-state index contributed by atoms with van der Waals surface area (Å²) in [7, 11) is -6.97. The van der Waals surface area contributed by atoms with Crippen molar-refractivity contribution < 1.29 is 16.8 Å². The Hall–Kier alpha value is -1.32. The van der Waals surface area contributed by atoms with Crippen molar-refractivity contribution in [3.63, 3.8) is 0 Å². The second-order valence-corrected chi connectivity index (χ2v) is 9.48. The fourth-order valence-electron chi connectivity index (χ4n) is 2.57. The van der Waals surface area contributed by atoms with E-state index in [9.17, 15) is 16.8 Å². The van der Waals surface area contributed by atoms with Crippen molar-refractivity contribution >= 4 is 31.2 Å². The summed E-state index contributed by atoms with van der Waals surface area (Å²) in [6.45, 7) is 3.39. The Morgan fingerprint density at radius 3 is 2.43 bits per heavy atom. The molecule has 0 spiro atoms. The van der Waals surface area contributed by atoms with E-state index in [1.807, 2.05) is 0 Å². The van der Waals surface area contributed by atoms with Crippen molar-refractivity contribution in [2.75, 3.05) is 22.6 Å². The molecule has 1 saturated heterocycles. The first kappa shape index (κ1) is 16.1. The Balaban J connectivity index is 2.45. The first-order valence-electron chi connectivity index (χ1n) is 6.33. The summed E-state index contributed by atoms with van der Waals surface area (Å²) in [5.41, 5.74) is 6.23. The average Bonchev–Trinajstić information content (AvgIpc) is 2.56. The maximum absolute atomic E-state index is 11.6. The number of anilines is 2. The molecule has 1 aromatic carbocycles. The maximum atomic E-state index is 11.6. The summed E-state index contributed by atoms with van der Waals surface area (Å²) in [5.74, 6) is 0.110. The van der Waals surface area contributed by atoms with Crippen LogP contribution in [0.4, 0.5) is 11.4 Å². The number of primary sulfonamides is 1. The van der Waals surface area contributed by atoms with Crippen LogP contribution >= 0.6 is 0 Å². The molecule has 0 aromatic heterocycles. The van der Waals surface area contributed by atoms with Crippen LogP contribution in [0, 0.1) is 6.92 Å². The normalized spacial score (nSPS) is 24.9. The first-order chi connectivity index (χ1) is 9.42. The van der Waals surface area contributed by atoms with E-state index >= 15 is 0 Å². The van der Waals surface area contributed by atoms with Crippen LogP contribution in [0.2, 0.25) is 0 Å². The number of nitrogens with two attached hydrogens (primary N) is 2. The molecule has 1 aromatic rings. The summed E-state index contributed by atoms with van der Waals surface area (Å²) in [4.78, 5) is -0.0607. The molecule has 1 fully saturated rings. The molecule has 2 rings (SSSR count). The van der Waals surface area contributed by atoms with Gasteiger partial charge in [-0.05, 0) is 38.0 Å². The van der Waals surface area contributed by atoms with E-state index in [2.05, 4.69) is 5.32 Å². The minimum absolute atomic E-state index is 0.00104. The first-order valence-corrected chi connectivity index (χ1v) is 9.70. The minimum atomic E-state index is -3.89. The van der Waals surface area contributed by atoms with E-state index in [-0.39, 0.29) is 22.1 Å². The zero-order valence-corrected chi connectivity index (χ0v) is 13.5. The van der Waals surface area contributed by atoms with Gasteiger partial charge in [0.2, 0.25) is 10.0 Å². The van der Waals surface area contributed by atoms with Gasteiger partial charge in [0.1, 0.15) is 0 Å². The number of nitrogen functional groups attached to an aromatic ring is 1. The fourth-order valence-corrected chi connectivity index (χ4v) is 5.50. The second-order valence-electron chi connectivity index (χ2n) is 5.76. The number of hydrogen-bond donors (Lipinski definition) is 3. The van der Waals surface area contributed by atoms with Crippen LogP contribution in [0.15, 0.2) is 17.0 Å². The molecule has 7 nitrogen and oxygen atoms in total. The quantitative estimate of drug-likeness (QED) is 0.678. The predicted octanol–water partition coefficient (Wildman–Crippen LogP) is 0.214. The molecule has 9 heteroatoms. The second kappa shape index (κ2) is 4.85. The third-order valence-corrected chi connectivity index (χ3v) is 6.57. The Bertz CT molecular complexity index is 787. The molecule has 1 aliphatic rings. The zero-order chi connectivity index (χ0) is 16.1. The van der Waals surface area contributed by atoms with E-state index in [1.165, 1.54) is 6.07 Å². The number of benzene rings is 1. The molecule has 1 atom stereocenters. The average molecular weight is 333 g/mol. The van der Waals surface area contributed by atoms with Gasteiger partial charge in [0.15, 0.2) is 9.84 Å². The SMILES string of the molecule is Cc1c(NC2(C)CCS(=O)(=O)C2)cc(N)cc1S(N)(=O)=O. The zero-order valence-electron chi connectivity index (χ0n) is 11.9. The smallest absolute Gasteiger partial charge is 0.238 e. The third kappa shape index (κ3) is 3.47. The number of rotatable bonds is 3. The molecule has 0 amide bonds. The molecule has 1 heterocycles. The summed E-state index contributed by atoms with van der Waals surface area (Å²) >= 11 is 0. The Morgan fingerprint density at radius 2 is 1.95 bits per heavy atom. The molecule has 5 N–H and O–H groups in total. The van der Waals surface area contributed by atoms with E-state index < -0.39 is 25.4 Å². The summed E-state index contributed by atoms with van der Waals surface area (Å²) in [6.07, 6.45) is 0.453. The van der Waals surface area contributed by atoms with E-state index in [1.54, 1.807) is 19.9 Å². The Morgan fingerprint density at radius 1 is 1.33 bits per heavy atom.